The van der Waals surface area contributed by atoms with Crippen molar-refractivity contribution in [1.29, 1.82) is 0 Å². The van der Waals surface area contributed by atoms with Gasteiger partial charge in [-0.1, -0.05) is 6.92 Å². The van der Waals surface area contributed by atoms with Crippen molar-refractivity contribution < 1.29 is 0 Å². The Morgan fingerprint density at radius 2 is 2.13 bits per heavy atom. The van der Waals surface area contributed by atoms with E-state index < -0.39 is 0 Å². The van der Waals surface area contributed by atoms with Gasteiger partial charge in [-0.3, -0.25) is 0 Å². The van der Waals surface area contributed by atoms with Crippen molar-refractivity contribution in [1.82, 2.24) is 15.5 Å². The molecule has 0 amide bonds. The second kappa shape index (κ2) is 10.7. The Kier molecular flexibility index (Phi) is 8.47. The van der Waals surface area contributed by atoms with Gasteiger partial charge in [-0.15, -0.1) is 0 Å². The minimum atomic E-state index is 0.755. The number of nitrogens with one attached hydrogen (secondary N) is 2. The molecule has 4 nitrogen and oxygen atoms in total. The summed E-state index contributed by atoms with van der Waals surface area (Å²) in [4.78, 5) is 7.26. The van der Waals surface area contributed by atoms with Crippen LogP contribution < -0.4 is 10.6 Å². The zero-order valence-corrected chi connectivity index (χ0v) is 15.5. The van der Waals surface area contributed by atoms with Crippen molar-refractivity contribution in [3.63, 3.8) is 0 Å². The van der Waals surface area contributed by atoms with E-state index in [4.69, 9.17) is 0 Å². The number of aliphatic imine (C=N–C) groups is 1. The smallest absolute Gasteiger partial charge is 0.191 e. The molecule has 0 radical (unpaired) electrons. The quantitative estimate of drug-likeness (QED) is 0.435. The van der Waals surface area contributed by atoms with Crippen LogP contribution in [0, 0.1) is 5.92 Å². The Labute approximate surface area is 145 Å². The first-order chi connectivity index (χ1) is 11.3. The normalized spacial score (nSPS) is 17.4. The molecular weight excluding hydrogens is 304 g/mol. The molecule has 1 aromatic heterocycles. The van der Waals surface area contributed by atoms with Crippen molar-refractivity contribution in [2.45, 2.75) is 46.1 Å². The molecule has 0 aromatic carbocycles. The van der Waals surface area contributed by atoms with E-state index in [0.29, 0.717) is 0 Å². The minimum Gasteiger partial charge on any atom is -0.357 e. The SMILES string of the molecule is CCNC(=NCc1ccsc1)NCCCCN1CCC(C)CC1. The molecule has 0 atom stereocenters. The van der Waals surface area contributed by atoms with Crippen LogP contribution in [-0.4, -0.2) is 43.6 Å². The highest BCUT2D eigenvalue weighted by Crippen LogP contribution is 2.16. The van der Waals surface area contributed by atoms with Gasteiger partial charge in [0.05, 0.1) is 6.54 Å². The Morgan fingerprint density at radius 1 is 1.30 bits per heavy atom. The zero-order valence-electron chi connectivity index (χ0n) is 14.7. The molecule has 1 fully saturated rings. The van der Waals surface area contributed by atoms with Crippen LogP contribution in [0.25, 0.3) is 0 Å². The molecule has 0 unspecified atom stereocenters. The molecule has 130 valence electrons. The summed E-state index contributed by atoms with van der Waals surface area (Å²) in [5, 5.41) is 11.0. The number of rotatable bonds is 8. The molecule has 0 aliphatic carbocycles. The molecule has 0 saturated carbocycles. The third-order valence-electron chi connectivity index (χ3n) is 4.41. The van der Waals surface area contributed by atoms with E-state index >= 15 is 0 Å². The van der Waals surface area contributed by atoms with Crippen molar-refractivity contribution >= 4 is 17.3 Å². The average molecular weight is 337 g/mol. The summed E-state index contributed by atoms with van der Waals surface area (Å²) in [5.41, 5.74) is 1.28. The van der Waals surface area contributed by atoms with Crippen LogP contribution in [0.4, 0.5) is 0 Å². The number of guanidine groups is 1. The molecule has 5 heteroatoms. The van der Waals surface area contributed by atoms with Crippen LogP contribution in [0.5, 0.6) is 0 Å². The number of hydrogen-bond donors (Lipinski definition) is 2. The Balaban J connectivity index is 1.59. The van der Waals surface area contributed by atoms with E-state index in [1.807, 2.05) is 0 Å². The Bertz CT molecular complexity index is 436. The second-order valence-corrected chi connectivity index (χ2v) is 7.26. The van der Waals surface area contributed by atoms with Crippen molar-refractivity contribution in [3.8, 4) is 0 Å². The van der Waals surface area contributed by atoms with E-state index in [1.165, 1.54) is 50.9 Å². The molecular formula is C18H32N4S. The maximum atomic E-state index is 4.64. The van der Waals surface area contributed by atoms with Crippen LogP contribution >= 0.6 is 11.3 Å². The van der Waals surface area contributed by atoms with Gasteiger partial charge < -0.3 is 15.5 Å². The molecule has 0 bridgehead atoms. The maximum Gasteiger partial charge on any atom is 0.191 e. The number of thiophene rings is 1. The third-order valence-corrected chi connectivity index (χ3v) is 5.15. The molecule has 2 N–H and O–H groups in total. The Morgan fingerprint density at radius 3 is 2.83 bits per heavy atom. The van der Waals surface area contributed by atoms with E-state index in [9.17, 15) is 0 Å². The fourth-order valence-electron chi connectivity index (χ4n) is 2.85. The fraction of sp³-hybridized carbons (Fsp3) is 0.722. The highest BCUT2D eigenvalue weighted by Gasteiger charge is 2.14. The molecule has 1 aromatic rings. The van der Waals surface area contributed by atoms with Crippen LogP contribution in [0.2, 0.25) is 0 Å². The van der Waals surface area contributed by atoms with Gasteiger partial charge in [-0.25, -0.2) is 4.99 Å². The van der Waals surface area contributed by atoms with Crippen molar-refractivity contribution in [2.24, 2.45) is 10.9 Å². The lowest BCUT2D eigenvalue weighted by molar-refractivity contribution is 0.189. The van der Waals surface area contributed by atoms with E-state index in [2.05, 4.69) is 51.2 Å². The summed E-state index contributed by atoms with van der Waals surface area (Å²) < 4.78 is 0. The van der Waals surface area contributed by atoms with Gasteiger partial charge in [0.1, 0.15) is 0 Å². The van der Waals surface area contributed by atoms with Crippen LogP contribution in [-0.2, 0) is 6.54 Å². The summed E-state index contributed by atoms with van der Waals surface area (Å²) in [7, 11) is 0. The van der Waals surface area contributed by atoms with E-state index in [1.54, 1.807) is 11.3 Å². The molecule has 1 aliphatic rings. The number of nitrogens with zero attached hydrogens (tertiary/aromatic N) is 2. The van der Waals surface area contributed by atoms with Gasteiger partial charge in [-0.2, -0.15) is 11.3 Å². The monoisotopic (exact) mass is 336 g/mol. The van der Waals surface area contributed by atoms with Crippen molar-refractivity contribution in [3.05, 3.63) is 22.4 Å². The molecule has 2 heterocycles. The number of hydrogen-bond acceptors (Lipinski definition) is 3. The predicted octanol–water partition coefficient (Wildman–Crippen LogP) is 3.32. The summed E-state index contributed by atoms with van der Waals surface area (Å²) >= 11 is 1.73. The van der Waals surface area contributed by atoms with Crippen molar-refractivity contribution in [2.75, 3.05) is 32.7 Å². The summed E-state index contributed by atoms with van der Waals surface area (Å²) in [6.07, 6.45) is 5.22. The van der Waals surface area contributed by atoms with E-state index in [-0.39, 0.29) is 0 Å². The zero-order chi connectivity index (χ0) is 16.3. The average Bonchev–Trinajstić information content (AvgIpc) is 3.07. The van der Waals surface area contributed by atoms with Crippen LogP contribution in [0.1, 0.15) is 45.1 Å². The largest absolute Gasteiger partial charge is 0.357 e. The van der Waals surface area contributed by atoms with Gasteiger partial charge in [0, 0.05) is 13.1 Å². The number of likely N-dealkylation sites (tertiary alicyclic amines) is 1. The summed E-state index contributed by atoms with van der Waals surface area (Å²) in [6.45, 7) is 11.0. The lowest BCUT2D eigenvalue weighted by Crippen LogP contribution is -2.38. The number of unbranched alkanes of at least 4 members (excludes halogenated alkanes) is 1. The van der Waals surface area contributed by atoms with E-state index in [0.717, 1.165) is 31.5 Å². The van der Waals surface area contributed by atoms with Crippen LogP contribution in [0.3, 0.4) is 0 Å². The molecule has 2 rings (SSSR count). The fourth-order valence-corrected chi connectivity index (χ4v) is 3.51. The van der Waals surface area contributed by atoms with Gasteiger partial charge in [0.2, 0.25) is 0 Å². The standard InChI is InChI=1S/C18H32N4S/c1-3-19-18(21-14-17-8-13-23-15-17)20-9-4-5-10-22-11-6-16(2)7-12-22/h8,13,15-16H,3-7,9-12,14H2,1-2H3,(H2,19,20,21). The summed E-state index contributed by atoms with van der Waals surface area (Å²) in [6, 6.07) is 2.14. The third kappa shape index (κ3) is 7.36. The second-order valence-electron chi connectivity index (χ2n) is 6.48. The van der Waals surface area contributed by atoms with Gasteiger partial charge >= 0.3 is 0 Å². The van der Waals surface area contributed by atoms with Gasteiger partial charge in [-0.05, 0) is 80.5 Å². The summed E-state index contributed by atoms with van der Waals surface area (Å²) in [5.74, 6) is 1.86. The molecule has 0 spiro atoms. The maximum absolute atomic E-state index is 4.64. The first-order valence-electron chi connectivity index (χ1n) is 9.03. The Hall–Kier alpha value is -1.07. The first-order valence-corrected chi connectivity index (χ1v) is 9.98. The van der Waals surface area contributed by atoms with Crippen LogP contribution in [0.15, 0.2) is 21.8 Å². The number of piperidine rings is 1. The first kappa shape index (κ1) is 18.3. The highest BCUT2D eigenvalue weighted by atomic mass is 32.1. The topological polar surface area (TPSA) is 39.7 Å². The lowest BCUT2D eigenvalue weighted by Gasteiger charge is -2.30. The van der Waals surface area contributed by atoms with Gasteiger partial charge in [0.15, 0.2) is 5.96 Å². The molecule has 23 heavy (non-hydrogen) atoms. The molecule has 1 saturated heterocycles. The predicted molar refractivity (Wildman–Crippen MR) is 101 cm³/mol. The molecule has 1 aliphatic heterocycles. The lowest BCUT2D eigenvalue weighted by atomic mass is 9.99. The minimum absolute atomic E-state index is 0.755. The van der Waals surface area contributed by atoms with Gasteiger partial charge in [0.25, 0.3) is 0 Å². The highest BCUT2D eigenvalue weighted by molar-refractivity contribution is 7.07.